The molecule has 3 aromatic heterocycles. The first-order valence-corrected chi connectivity index (χ1v) is 21.8. The number of nitrogens with zero attached hydrogens (tertiary/aromatic N) is 6. The predicted molar refractivity (Wildman–Crippen MR) is 267 cm³/mol. The summed E-state index contributed by atoms with van der Waals surface area (Å²) in [5.41, 5.74) is 15.1. The van der Waals surface area contributed by atoms with Crippen LogP contribution in [0.4, 0.5) is 0 Å². The summed E-state index contributed by atoms with van der Waals surface area (Å²) >= 11 is 0. The van der Waals surface area contributed by atoms with E-state index in [0.29, 0.717) is 22.5 Å². The molecule has 0 bridgehead atoms. The third-order valence-electron chi connectivity index (χ3n) is 12.6. The Hall–Kier alpha value is -9.36. The van der Waals surface area contributed by atoms with Gasteiger partial charge in [0.2, 0.25) is 0 Å². The van der Waals surface area contributed by atoms with Crippen LogP contribution in [0.1, 0.15) is 11.1 Å². The van der Waals surface area contributed by atoms with E-state index in [1.165, 1.54) is 32.6 Å². The summed E-state index contributed by atoms with van der Waals surface area (Å²) in [5.74, 6) is 0.637. The maximum Gasteiger partial charge on any atom is 0.160 e. The van der Waals surface area contributed by atoms with Gasteiger partial charge in [0.25, 0.3) is 0 Å². The Balaban J connectivity index is 0.889. The lowest BCUT2D eigenvalue weighted by atomic mass is 9.90. The number of fused-ring (bicyclic) bond motifs is 6. The van der Waals surface area contributed by atoms with Crippen LogP contribution >= 0.6 is 0 Å². The van der Waals surface area contributed by atoms with Crippen molar-refractivity contribution in [3.63, 3.8) is 0 Å². The molecule has 0 saturated carbocycles. The van der Waals surface area contributed by atoms with Crippen LogP contribution in [0.2, 0.25) is 0 Å². The average Bonchev–Trinajstić information content (AvgIpc) is 3.91. The molecule has 0 fully saturated rings. The van der Waals surface area contributed by atoms with Crippen molar-refractivity contribution in [2.45, 2.75) is 0 Å². The fraction of sp³-hybridized carbons (Fsp3) is 0. The van der Waals surface area contributed by atoms with Crippen molar-refractivity contribution in [1.82, 2.24) is 19.1 Å². The number of para-hydroxylation sites is 3. The van der Waals surface area contributed by atoms with Crippen molar-refractivity contribution in [1.29, 1.82) is 10.5 Å². The summed E-state index contributed by atoms with van der Waals surface area (Å²) in [4.78, 5) is 9.91. The third kappa shape index (κ3) is 6.41. The lowest BCUT2D eigenvalue weighted by Gasteiger charge is -2.13. The molecule has 6 heteroatoms. The molecule has 12 rings (SSSR count). The molecule has 0 aliphatic rings. The van der Waals surface area contributed by atoms with Gasteiger partial charge in [-0.15, -0.1) is 0 Å². The van der Waals surface area contributed by atoms with E-state index in [1.807, 2.05) is 103 Å². The van der Waals surface area contributed by atoms with Gasteiger partial charge in [0, 0.05) is 55.2 Å². The lowest BCUT2D eigenvalue weighted by molar-refractivity contribution is 1.17. The highest BCUT2D eigenvalue weighted by molar-refractivity contribution is 6.12. The molecule has 0 aliphatic carbocycles. The van der Waals surface area contributed by atoms with Crippen LogP contribution in [0.5, 0.6) is 0 Å². The molecule has 0 spiro atoms. The molecule has 0 amide bonds. The van der Waals surface area contributed by atoms with Gasteiger partial charge < -0.3 is 9.13 Å². The molecule has 66 heavy (non-hydrogen) atoms. The molecular weight excluding hydrogens is 805 g/mol. The normalized spacial score (nSPS) is 11.3. The Kier molecular flexibility index (Phi) is 9.16. The molecule has 0 saturated heterocycles. The lowest BCUT2D eigenvalue weighted by Crippen LogP contribution is -1.97. The second kappa shape index (κ2) is 15.8. The van der Waals surface area contributed by atoms with Crippen LogP contribution in [0.15, 0.2) is 218 Å². The minimum atomic E-state index is 0.432. The standard InChI is InChI=1S/C60H36N6/c61-37-45-33-44(34-46(38-62)59(45)42-25-23-41(24-26-42)54-36-53(40-13-3-1-4-14-40)63-60(64-54)43-15-5-2-6-16-43)39-27-29-47(30-28-39)65-57-22-12-9-19-51(57)52-35-48(31-32-58(52)65)66-55-20-10-7-17-49(55)50-18-8-11-21-56(50)66/h1-36H. The van der Waals surface area contributed by atoms with E-state index in [4.69, 9.17) is 9.97 Å². The predicted octanol–water partition coefficient (Wildman–Crippen LogP) is 14.7. The van der Waals surface area contributed by atoms with Gasteiger partial charge >= 0.3 is 0 Å². The van der Waals surface area contributed by atoms with Crippen molar-refractivity contribution < 1.29 is 0 Å². The van der Waals surface area contributed by atoms with E-state index in [1.54, 1.807) is 0 Å². The Bertz CT molecular complexity index is 3780. The summed E-state index contributed by atoms with van der Waals surface area (Å²) in [5, 5.41) is 25.9. The zero-order chi connectivity index (χ0) is 44.1. The average molecular weight is 841 g/mol. The maximum atomic E-state index is 10.6. The highest BCUT2D eigenvalue weighted by atomic mass is 15.0. The van der Waals surface area contributed by atoms with Gasteiger partial charge in [-0.3, -0.25) is 0 Å². The SMILES string of the molecule is N#Cc1cc(-c2ccc(-n3c4ccccc4c4cc(-n5c6ccccc6c6ccccc65)ccc43)cc2)cc(C#N)c1-c1ccc(-c2cc(-c3ccccc3)nc(-c3ccccc3)n2)cc1. The van der Waals surface area contributed by atoms with Crippen molar-refractivity contribution in [3.8, 4) is 79.7 Å². The summed E-state index contributed by atoms with van der Waals surface area (Å²) < 4.78 is 4.67. The number of hydrogen-bond acceptors (Lipinski definition) is 4. The van der Waals surface area contributed by atoms with Gasteiger partial charge in [0.15, 0.2) is 5.82 Å². The Morgan fingerprint density at radius 1 is 0.318 bits per heavy atom. The Morgan fingerprint density at radius 2 is 0.742 bits per heavy atom. The van der Waals surface area contributed by atoms with Gasteiger partial charge in [0.05, 0.1) is 56.7 Å². The molecule has 0 N–H and O–H groups in total. The summed E-state index contributed by atoms with van der Waals surface area (Å²) in [6, 6.07) is 79.4. The van der Waals surface area contributed by atoms with Crippen LogP contribution in [0.25, 0.3) is 111 Å². The first-order chi connectivity index (χ1) is 32.6. The molecule has 306 valence electrons. The first kappa shape index (κ1) is 38.3. The van der Waals surface area contributed by atoms with Crippen LogP contribution in [-0.2, 0) is 0 Å². The first-order valence-electron chi connectivity index (χ1n) is 21.8. The van der Waals surface area contributed by atoms with Gasteiger partial charge in [-0.1, -0.05) is 152 Å². The minimum Gasteiger partial charge on any atom is -0.309 e. The fourth-order valence-corrected chi connectivity index (χ4v) is 9.55. The fourth-order valence-electron chi connectivity index (χ4n) is 9.55. The van der Waals surface area contributed by atoms with Crippen LogP contribution in [0.3, 0.4) is 0 Å². The van der Waals surface area contributed by atoms with E-state index in [0.717, 1.165) is 67.2 Å². The second-order valence-corrected chi connectivity index (χ2v) is 16.4. The number of rotatable bonds is 7. The highest BCUT2D eigenvalue weighted by Gasteiger charge is 2.19. The minimum absolute atomic E-state index is 0.432. The molecule has 0 aliphatic heterocycles. The number of aromatic nitrogens is 4. The van der Waals surface area contributed by atoms with Gasteiger partial charge in [-0.2, -0.15) is 10.5 Å². The van der Waals surface area contributed by atoms with Crippen LogP contribution in [0, 0.1) is 22.7 Å². The van der Waals surface area contributed by atoms with E-state index < -0.39 is 0 Å². The monoisotopic (exact) mass is 840 g/mol. The summed E-state index contributed by atoms with van der Waals surface area (Å²) in [7, 11) is 0. The Labute approximate surface area is 380 Å². The van der Waals surface area contributed by atoms with E-state index in [2.05, 4.69) is 137 Å². The number of nitriles is 2. The zero-order valence-electron chi connectivity index (χ0n) is 35.5. The van der Waals surface area contributed by atoms with Gasteiger partial charge in [0.1, 0.15) is 0 Å². The summed E-state index contributed by atoms with van der Waals surface area (Å²) in [6.07, 6.45) is 0. The molecule has 0 atom stereocenters. The molecule has 12 aromatic rings. The number of hydrogen-bond donors (Lipinski definition) is 0. The molecule has 0 radical (unpaired) electrons. The smallest absolute Gasteiger partial charge is 0.160 e. The van der Waals surface area contributed by atoms with E-state index >= 15 is 0 Å². The van der Waals surface area contributed by atoms with Gasteiger partial charge in [-0.05, 0) is 83.4 Å². The third-order valence-corrected chi connectivity index (χ3v) is 12.6. The van der Waals surface area contributed by atoms with Crippen LogP contribution < -0.4 is 0 Å². The van der Waals surface area contributed by atoms with Crippen molar-refractivity contribution in [2.24, 2.45) is 0 Å². The second-order valence-electron chi connectivity index (χ2n) is 16.4. The van der Waals surface area contributed by atoms with E-state index in [-0.39, 0.29) is 0 Å². The molecule has 3 heterocycles. The molecular formula is C60H36N6. The molecule has 6 nitrogen and oxygen atoms in total. The maximum absolute atomic E-state index is 10.6. The van der Waals surface area contributed by atoms with E-state index in [9.17, 15) is 10.5 Å². The zero-order valence-corrected chi connectivity index (χ0v) is 35.5. The number of benzene rings is 9. The molecule has 9 aromatic carbocycles. The summed E-state index contributed by atoms with van der Waals surface area (Å²) in [6.45, 7) is 0. The highest BCUT2D eigenvalue weighted by Crippen LogP contribution is 2.39. The quantitative estimate of drug-likeness (QED) is 0.160. The van der Waals surface area contributed by atoms with Crippen molar-refractivity contribution in [2.75, 3.05) is 0 Å². The molecule has 0 unspecified atom stereocenters. The van der Waals surface area contributed by atoms with Gasteiger partial charge in [-0.25, -0.2) is 9.97 Å². The topological polar surface area (TPSA) is 83.2 Å². The van der Waals surface area contributed by atoms with Crippen LogP contribution in [-0.4, -0.2) is 19.1 Å². The largest absolute Gasteiger partial charge is 0.309 e. The van der Waals surface area contributed by atoms with Crippen molar-refractivity contribution >= 4 is 43.6 Å². The van der Waals surface area contributed by atoms with Crippen molar-refractivity contribution in [3.05, 3.63) is 230 Å². The Morgan fingerprint density at radius 3 is 1.30 bits per heavy atom.